The topological polar surface area (TPSA) is 104 Å². The van der Waals surface area contributed by atoms with Gasteiger partial charge in [-0.3, -0.25) is 9.59 Å². The highest BCUT2D eigenvalue weighted by atomic mass is 16.5. The van der Waals surface area contributed by atoms with Crippen LogP contribution in [0.4, 0.5) is 5.69 Å². The molecule has 0 bridgehead atoms. The van der Waals surface area contributed by atoms with Gasteiger partial charge in [0.2, 0.25) is 5.91 Å². The van der Waals surface area contributed by atoms with Crippen molar-refractivity contribution in [3.8, 4) is 0 Å². The molecule has 1 aliphatic heterocycles. The van der Waals surface area contributed by atoms with Crippen LogP contribution in [0.25, 0.3) is 11.0 Å². The number of nitrogens with zero attached hydrogens (tertiary/aromatic N) is 1. The van der Waals surface area contributed by atoms with Gasteiger partial charge >= 0.3 is 5.97 Å². The number of H-pyrrole nitrogens is 1. The van der Waals surface area contributed by atoms with Gasteiger partial charge in [0, 0.05) is 5.69 Å². The number of aromatic nitrogens is 2. The molecule has 0 radical (unpaired) electrons. The number of nitrogens with one attached hydrogen (secondary N) is 2. The summed E-state index contributed by atoms with van der Waals surface area (Å²) in [5.74, 6) is -1.73. The Morgan fingerprint density at radius 3 is 2.84 bits per heavy atom. The second-order valence-corrected chi connectivity index (χ2v) is 4.47. The van der Waals surface area contributed by atoms with E-state index in [-0.39, 0.29) is 13.2 Å². The Morgan fingerprint density at radius 1 is 1.42 bits per heavy atom. The molecule has 98 valence electrons. The molecule has 19 heavy (non-hydrogen) atoms. The van der Waals surface area contributed by atoms with Crippen molar-refractivity contribution >= 4 is 28.6 Å². The third-order valence-corrected chi connectivity index (χ3v) is 3.22. The van der Waals surface area contributed by atoms with E-state index in [9.17, 15) is 9.59 Å². The predicted molar refractivity (Wildman–Crippen MR) is 65.6 cm³/mol. The van der Waals surface area contributed by atoms with Crippen LogP contribution < -0.4 is 5.32 Å². The van der Waals surface area contributed by atoms with E-state index in [4.69, 9.17) is 9.84 Å². The monoisotopic (exact) mass is 261 g/mol. The van der Waals surface area contributed by atoms with Gasteiger partial charge < -0.3 is 20.1 Å². The van der Waals surface area contributed by atoms with Crippen LogP contribution in [0, 0.1) is 5.41 Å². The normalized spacial score (nSPS) is 16.8. The van der Waals surface area contributed by atoms with Gasteiger partial charge in [-0.2, -0.15) is 0 Å². The third kappa shape index (κ3) is 1.75. The maximum atomic E-state index is 12.0. The number of hydrogen-bond acceptors (Lipinski definition) is 4. The summed E-state index contributed by atoms with van der Waals surface area (Å²) in [6.07, 6.45) is 1.55. The minimum absolute atomic E-state index is 0.0968. The van der Waals surface area contributed by atoms with Crippen LogP contribution in [-0.4, -0.2) is 40.2 Å². The number of carbonyl (C=O) groups excluding carboxylic acids is 1. The number of aliphatic carboxylic acids is 1. The first-order valence-electron chi connectivity index (χ1n) is 5.67. The molecule has 0 atom stereocenters. The summed E-state index contributed by atoms with van der Waals surface area (Å²) >= 11 is 0. The van der Waals surface area contributed by atoms with Crippen molar-refractivity contribution < 1.29 is 19.4 Å². The van der Waals surface area contributed by atoms with E-state index in [0.717, 1.165) is 11.0 Å². The Labute approximate surface area is 107 Å². The second-order valence-electron chi connectivity index (χ2n) is 4.47. The second kappa shape index (κ2) is 4.06. The summed E-state index contributed by atoms with van der Waals surface area (Å²) in [7, 11) is 0. The molecule has 1 fully saturated rings. The summed E-state index contributed by atoms with van der Waals surface area (Å²) in [5, 5.41) is 11.7. The molecule has 1 saturated heterocycles. The largest absolute Gasteiger partial charge is 0.480 e. The number of aromatic amines is 1. The number of rotatable bonds is 3. The van der Waals surface area contributed by atoms with E-state index in [1.807, 2.05) is 0 Å². The fraction of sp³-hybridized carbons (Fsp3) is 0.250. The molecule has 1 aromatic heterocycles. The average molecular weight is 261 g/mol. The van der Waals surface area contributed by atoms with E-state index in [1.165, 1.54) is 0 Å². The molecule has 3 rings (SSSR count). The number of imidazole rings is 1. The number of hydrogen-bond donors (Lipinski definition) is 3. The lowest BCUT2D eigenvalue weighted by molar-refractivity contribution is -0.182. The molecule has 7 heteroatoms. The average Bonchev–Trinajstić information content (AvgIpc) is 2.73. The van der Waals surface area contributed by atoms with Gasteiger partial charge in [-0.05, 0) is 18.2 Å². The van der Waals surface area contributed by atoms with Gasteiger partial charge in [-0.1, -0.05) is 0 Å². The molecule has 2 aromatic rings. The van der Waals surface area contributed by atoms with Crippen LogP contribution >= 0.6 is 0 Å². The number of carbonyl (C=O) groups is 2. The highest BCUT2D eigenvalue weighted by molar-refractivity contribution is 6.09. The number of benzene rings is 1. The zero-order valence-electron chi connectivity index (χ0n) is 9.84. The number of carboxylic acid groups (broad SMARTS) is 1. The van der Waals surface area contributed by atoms with Crippen LogP contribution in [0.5, 0.6) is 0 Å². The SMILES string of the molecule is O=C(O)C1(C(=O)Nc2ccc3nc[nH]c3c2)COC1. The van der Waals surface area contributed by atoms with E-state index in [1.54, 1.807) is 24.5 Å². The molecular formula is C12H11N3O4. The highest BCUT2D eigenvalue weighted by Gasteiger charge is 2.53. The lowest BCUT2D eigenvalue weighted by Gasteiger charge is -2.35. The van der Waals surface area contributed by atoms with Crippen LogP contribution in [0.3, 0.4) is 0 Å². The minimum Gasteiger partial charge on any atom is -0.480 e. The number of carboxylic acids is 1. The molecule has 0 saturated carbocycles. The third-order valence-electron chi connectivity index (χ3n) is 3.22. The number of amides is 1. The summed E-state index contributed by atoms with van der Waals surface area (Å²) in [5.41, 5.74) is 0.599. The molecule has 7 nitrogen and oxygen atoms in total. The summed E-state index contributed by atoms with van der Waals surface area (Å²) < 4.78 is 4.86. The van der Waals surface area contributed by atoms with Gasteiger partial charge in [-0.15, -0.1) is 0 Å². The van der Waals surface area contributed by atoms with Gasteiger partial charge in [0.25, 0.3) is 0 Å². The molecular weight excluding hydrogens is 250 g/mol. The lowest BCUT2D eigenvalue weighted by Crippen LogP contribution is -2.57. The van der Waals surface area contributed by atoms with Crippen molar-refractivity contribution in [3.05, 3.63) is 24.5 Å². The highest BCUT2D eigenvalue weighted by Crippen LogP contribution is 2.30. The Morgan fingerprint density at radius 2 is 2.21 bits per heavy atom. The Kier molecular flexibility index (Phi) is 2.49. The number of anilines is 1. The fourth-order valence-corrected chi connectivity index (χ4v) is 1.92. The van der Waals surface area contributed by atoms with Crippen LogP contribution in [0.1, 0.15) is 0 Å². The molecule has 0 unspecified atom stereocenters. The molecule has 2 heterocycles. The van der Waals surface area contributed by atoms with E-state index >= 15 is 0 Å². The first kappa shape index (κ1) is 11.7. The Balaban J connectivity index is 1.84. The quantitative estimate of drug-likeness (QED) is 0.702. The van der Waals surface area contributed by atoms with Gasteiger partial charge in [0.05, 0.1) is 30.6 Å². The lowest BCUT2D eigenvalue weighted by atomic mass is 9.85. The van der Waals surface area contributed by atoms with E-state index in [2.05, 4.69) is 15.3 Å². The summed E-state index contributed by atoms with van der Waals surface area (Å²) in [4.78, 5) is 30.2. The zero-order chi connectivity index (χ0) is 13.5. The van der Waals surface area contributed by atoms with E-state index < -0.39 is 17.3 Å². The van der Waals surface area contributed by atoms with Crippen molar-refractivity contribution in [3.63, 3.8) is 0 Å². The van der Waals surface area contributed by atoms with Crippen LogP contribution in [-0.2, 0) is 14.3 Å². The van der Waals surface area contributed by atoms with Gasteiger partial charge in [0.1, 0.15) is 0 Å². The molecule has 1 aromatic carbocycles. The van der Waals surface area contributed by atoms with Crippen molar-refractivity contribution in [2.75, 3.05) is 18.5 Å². The minimum atomic E-state index is -1.47. The molecule has 3 N–H and O–H groups in total. The standard InChI is InChI=1S/C12H11N3O4/c16-10(12(11(17)18)4-19-5-12)15-7-1-2-8-9(3-7)14-6-13-8/h1-3,6H,4-5H2,(H,13,14)(H,15,16)(H,17,18). The van der Waals surface area contributed by atoms with Crippen molar-refractivity contribution in [2.24, 2.45) is 5.41 Å². The maximum Gasteiger partial charge on any atom is 0.324 e. The Bertz CT molecular complexity index is 660. The van der Waals surface area contributed by atoms with Crippen molar-refractivity contribution in [1.82, 2.24) is 9.97 Å². The smallest absolute Gasteiger partial charge is 0.324 e. The summed E-state index contributed by atoms with van der Waals surface area (Å²) in [6.45, 7) is -0.194. The van der Waals surface area contributed by atoms with E-state index in [0.29, 0.717) is 5.69 Å². The number of ether oxygens (including phenoxy) is 1. The predicted octanol–water partition coefficient (Wildman–Crippen LogP) is 0.603. The van der Waals surface area contributed by atoms with Crippen LogP contribution in [0.15, 0.2) is 24.5 Å². The van der Waals surface area contributed by atoms with Gasteiger partial charge in [0.15, 0.2) is 5.41 Å². The zero-order valence-corrected chi connectivity index (χ0v) is 9.84. The molecule has 1 amide bonds. The van der Waals surface area contributed by atoms with Crippen LogP contribution in [0.2, 0.25) is 0 Å². The summed E-state index contributed by atoms with van der Waals surface area (Å²) in [6, 6.07) is 5.12. The van der Waals surface area contributed by atoms with Crippen molar-refractivity contribution in [1.29, 1.82) is 0 Å². The molecule has 1 aliphatic rings. The maximum absolute atomic E-state index is 12.0. The Hall–Kier alpha value is -2.41. The molecule has 0 aliphatic carbocycles. The first-order chi connectivity index (χ1) is 9.12. The van der Waals surface area contributed by atoms with Gasteiger partial charge in [-0.25, -0.2) is 4.98 Å². The first-order valence-corrected chi connectivity index (χ1v) is 5.67. The van der Waals surface area contributed by atoms with Crippen molar-refractivity contribution in [2.45, 2.75) is 0 Å². The number of fused-ring (bicyclic) bond motifs is 1. The molecule has 0 spiro atoms. The fourth-order valence-electron chi connectivity index (χ4n) is 1.92.